The molecule has 7 unspecified atom stereocenters. The van der Waals surface area contributed by atoms with Gasteiger partial charge in [-0.05, 0) is 51.5 Å². The van der Waals surface area contributed by atoms with Gasteiger partial charge in [0.15, 0.2) is 6.10 Å². The first-order valence-electron chi connectivity index (χ1n) is 13.9. The van der Waals surface area contributed by atoms with E-state index in [0.717, 1.165) is 17.8 Å². The van der Waals surface area contributed by atoms with Crippen molar-refractivity contribution in [1.82, 2.24) is 4.98 Å². The molecule has 1 aromatic heterocycles. The molecular weight excluding hydrogens is 525 g/mol. The lowest BCUT2D eigenvalue weighted by molar-refractivity contribution is -0.162. The fourth-order valence-electron chi connectivity index (χ4n) is 6.20. The molecule has 1 saturated carbocycles. The minimum atomic E-state index is -1.30. The van der Waals surface area contributed by atoms with Crippen LogP contribution in [0.1, 0.15) is 82.3 Å². The maximum absolute atomic E-state index is 15.5. The number of nitrogens with zero attached hydrogens (tertiary/aromatic N) is 1. The van der Waals surface area contributed by atoms with Gasteiger partial charge < -0.3 is 24.4 Å². The standard InChI is InChI=1S/C29H38FNO7S/c1-16-6-4-7-28(3)24(38-28)12-22(21(30)10-18-15-39-17(2)31-18)37-25(33)13-23(32)29(8-5-9-29)27(35)20(26(16)34)11-19-14-36-19/h10,14-16,20,22-24,26,32,34H,4-9,11-13H2,1-3H3/b21-10-. The summed E-state index contributed by atoms with van der Waals surface area (Å²) in [6.07, 6.45) is 2.82. The van der Waals surface area contributed by atoms with Gasteiger partial charge >= 0.3 is 5.97 Å². The minimum Gasteiger partial charge on any atom is -0.463 e. The summed E-state index contributed by atoms with van der Waals surface area (Å²) in [5.41, 5.74) is -1.18. The number of aliphatic hydroxyl groups is 2. The van der Waals surface area contributed by atoms with Gasteiger partial charge in [0.2, 0.25) is 0 Å². The Morgan fingerprint density at radius 2 is 2.00 bits per heavy atom. The number of epoxide rings is 1. The third-order valence-corrected chi connectivity index (χ3v) is 9.86. The van der Waals surface area contributed by atoms with Crippen molar-refractivity contribution in [2.24, 2.45) is 17.3 Å². The summed E-state index contributed by atoms with van der Waals surface area (Å²) >= 11 is 1.40. The number of carbonyl (C=O) groups excluding carboxylic acids is 2. The van der Waals surface area contributed by atoms with Gasteiger partial charge in [0.25, 0.3) is 0 Å². The molecular formula is C29H38FNO7S. The number of aryl methyl sites for hydroxylation is 1. The molecule has 3 fully saturated rings. The molecule has 5 rings (SSSR count). The SMILES string of the molecule is Cc1nc(/C=C(\F)C2CC3OC3(C)CCCC(C)C(O)C(CC3=CO3)C(=O)C3(CCC3)C(O)CC(=O)O2)cs1. The zero-order chi connectivity index (χ0) is 27.9. The van der Waals surface area contributed by atoms with E-state index in [2.05, 4.69) is 4.98 Å². The van der Waals surface area contributed by atoms with E-state index in [9.17, 15) is 19.8 Å². The molecule has 1 aliphatic carbocycles. The molecule has 214 valence electrons. The molecule has 3 aliphatic heterocycles. The first kappa shape index (κ1) is 28.4. The van der Waals surface area contributed by atoms with E-state index >= 15 is 4.39 Å². The summed E-state index contributed by atoms with van der Waals surface area (Å²) in [5.74, 6) is -1.91. The molecule has 2 saturated heterocycles. The molecule has 4 aliphatic rings. The average molecular weight is 564 g/mol. The Morgan fingerprint density at radius 3 is 2.62 bits per heavy atom. The van der Waals surface area contributed by atoms with Crippen molar-refractivity contribution in [3.8, 4) is 0 Å². The zero-order valence-corrected chi connectivity index (χ0v) is 23.5. The number of rotatable bonds is 4. The molecule has 0 radical (unpaired) electrons. The molecule has 0 amide bonds. The van der Waals surface area contributed by atoms with Gasteiger partial charge in [-0.2, -0.15) is 0 Å². The maximum Gasteiger partial charge on any atom is 0.309 e. The number of hydrogen-bond acceptors (Lipinski definition) is 9. The van der Waals surface area contributed by atoms with Crippen molar-refractivity contribution < 1.29 is 38.4 Å². The number of esters is 1. The molecule has 7 atom stereocenters. The van der Waals surface area contributed by atoms with Gasteiger partial charge in [-0.1, -0.05) is 19.8 Å². The fourth-order valence-corrected chi connectivity index (χ4v) is 6.77. The molecule has 10 heteroatoms. The molecule has 4 heterocycles. The lowest BCUT2D eigenvalue weighted by atomic mass is 9.58. The van der Waals surface area contributed by atoms with Crippen LogP contribution >= 0.6 is 11.3 Å². The number of Topliss-reactive ketones (excluding diaryl/α,β-unsaturated/α-hetero) is 1. The van der Waals surface area contributed by atoms with Crippen molar-refractivity contribution in [1.29, 1.82) is 0 Å². The average Bonchev–Trinajstić information content (AvgIpc) is 3.74. The second-order valence-corrected chi connectivity index (χ2v) is 13.0. The van der Waals surface area contributed by atoms with Crippen LogP contribution in [-0.4, -0.2) is 57.0 Å². The molecule has 8 nitrogen and oxygen atoms in total. The number of ketones is 1. The van der Waals surface area contributed by atoms with Crippen LogP contribution in [-0.2, 0) is 23.8 Å². The van der Waals surface area contributed by atoms with E-state index < -0.39 is 53.5 Å². The monoisotopic (exact) mass is 563 g/mol. The number of allylic oxidation sites excluding steroid dienone is 1. The highest BCUT2D eigenvalue weighted by atomic mass is 32.1. The number of aliphatic hydroxyl groups excluding tert-OH is 2. The van der Waals surface area contributed by atoms with Gasteiger partial charge in [-0.15, -0.1) is 11.3 Å². The topological polar surface area (TPSA) is 122 Å². The van der Waals surface area contributed by atoms with Crippen molar-refractivity contribution >= 4 is 29.2 Å². The number of cyclic esters (lactones) is 1. The van der Waals surface area contributed by atoms with Crippen LogP contribution in [0.5, 0.6) is 0 Å². The Hall–Kier alpha value is -2.14. The quantitative estimate of drug-likeness (QED) is 0.397. The number of thiazole rings is 1. The Morgan fingerprint density at radius 1 is 1.26 bits per heavy atom. The highest BCUT2D eigenvalue weighted by molar-refractivity contribution is 7.09. The summed E-state index contributed by atoms with van der Waals surface area (Å²) < 4.78 is 32.2. The predicted octanol–water partition coefficient (Wildman–Crippen LogP) is 4.77. The highest BCUT2D eigenvalue weighted by Crippen LogP contribution is 2.50. The van der Waals surface area contributed by atoms with E-state index in [1.54, 1.807) is 11.6 Å². The van der Waals surface area contributed by atoms with Crippen molar-refractivity contribution in [2.45, 2.75) is 109 Å². The van der Waals surface area contributed by atoms with Crippen LogP contribution in [0.3, 0.4) is 0 Å². The molecule has 0 bridgehead atoms. The van der Waals surface area contributed by atoms with Gasteiger partial charge in [0, 0.05) is 18.2 Å². The van der Waals surface area contributed by atoms with Crippen molar-refractivity contribution in [2.75, 3.05) is 0 Å². The van der Waals surface area contributed by atoms with Crippen molar-refractivity contribution in [3.05, 3.63) is 33.9 Å². The number of halogens is 1. The van der Waals surface area contributed by atoms with Crippen LogP contribution in [0.4, 0.5) is 4.39 Å². The first-order chi connectivity index (χ1) is 18.5. The van der Waals surface area contributed by atoms with Crippen LogP contribution < -0.4 is 0 Å². The third kappa shape index (κ3) is 6.14. The summed E-state index contributed by atoms with van der Waals surface area (Å²) in [4.78, 5) is 31.2. The lowest BCUT2D eigenvalue weighted by Gasteiger charge is -2.46. The van der Waals surface area contributed by atoms with E-state index in [1.807, 2.05) is 20.8 Å². The predicted molar refractivity (Wildman–Crippen MR) is 142 cm³/mol. The lowest BCUT2D eigenvalue weighted by Crippen LogP contribution is -2.53. The Balaban J connectivity index is 1.40. The molecule has 1 spiro atoms. The maximum atomic E-state index is 15.5. The van der Waals surface area contributed by atoms with E-state index in [-0.39, 0.29) is 30.6 Å². The zero-order valence-electron chi connectivity index (χ0n) is 22.7. The van der Waals surface area contributed by atoms with Gasteiger partial charge in [0.1, 0.15) is 23.6 Å². The van der Waals surface area contributed by atoms with Gasteiger partial charge in [-0.25, -0.2) is 9.37 Å². The van der Waals surface area contributed by atoms with Gasteiger partial charge in [0.05, 0.1) is 52.4 Å². The van der Waals surface area contributed by atoms with Crippen LogP contribution in [0.25, 0.3) is 6.08 Å². The van der Waals surface area contributed by atoms with E-state index in [4.69, 9.17) is 14.2 Å². The Bertz CT molecular complexity index is 1160. The molecule has 1 aromatic rings. The Kier molecular flexibility index (Phi) is 8.03. The number of hydrogen-bond donors (Lipinski definition) is 2. The van der Waals surface area contributed by atoms with E-state index in [0.29, 0.717) is 37.1 Å². The second-order valence-electron chi connectivity index (χ2n) is 11.9. The molecule has 0 aromatic carbocycles. The number of aromatic nitrogens is 1. The summed E-state index contributed by atoms with van der Waals surface area (Å²) in [6.45, 7) is 5.72. The fraction of sp³-hybridized carbons (Fsp3) is 0.690. The Labute approximate surface area is 232 Å². The smallest absolute Gasteiger partial charge is 0.309 e. The van der Waals surface area contributed by atoms with Crippen LogP contribution in [0.15, 0.2) is 23.2 Å². The number of fused-ring (bicyclic) bond motifs is 1. The first-order valence-corrected chi connectivity index (χ1v) is 14.8. The number of carbonyl (C=O) groups is 2. The van der Waals surface area contributed by atoms with Crippen molar-refractivity contribution in [3.63, 3.8) is 0 Å². The minimum absolute atomic E-state index is 0.142. The summed E-state index contributed by atoms with van der Waals surface area (Å²) in [5, 5.41) is 25.0. The summed E-state index contributed by atoms with van der Waals surface area (Å²) in [6, 6.07) is 0. The molecule has 2 N–H and O–H groups in total. The third-order valence-electron chi connectivity index (χ3n) is 9.07. The number of ether oxygens (including phenoxy) is 3. The second kappa shape index (κ2) is 11.0. The van der Waals surface area contributed by atoms with Crippen LogP contribution in [0.2, 0.25) is 0 Å². The van der Waals surface area contributed by atoms with E-state index in [1.165, 1.54) is 17.4 Å². The molecule has 39 heavy (non-hydrogen) atoms. The largest absolute Gasteiger partial charge is 0.463 e. The van der Waals surface area contributed by atoms with Crippen LogP contribution in [0, 0.1) is 24.2 Å². The normalized spacial score (nSPS) is 37.3. The van der Waals surface area contributed by atoms with Gasteiger partial charge in [-0.3, -0.25) is 9.59 Å². The highest BCUT2D eigenvalue weighted by Gasteiger charge is 2.55. The summed E-state index contributed by atoms with van der Waals surface area (Å²) in [7, 11) is 0.